The molecule has 1 atom stereocenters. The van der Waals surface area contributed by atoms with Crippen LogP contribution in [0.25, 0.3) is 5.70 Å². The van der Waals surface area contributed by atoms with Gasteiger partial charge < -0.3 is 9.64 Å². The van der Waals surface area contributed by atoms with Gasteiger partial charge in [0, 0.05) is 17.2 Å². The normalized spacial score (nSPS) is 17.9. The first-order chi connectivity index (χ1) is 10.9. The molecule has 0 aromatic heterocycles. The molecule has 2 rings (SSSR count). The first-order valence-electron chi connectivity index (χ1n) is 7.03. The predicted octanol–water partition coefficient (Wildman–Crippen LogP) is 3.72. The van der Waals surface area contributed by atoms with Gasteiger partial charge in [-0.1, -0.05) is 24.6 Å². The Balaban J connectivity index is 2.34. The van der Waals surface area contributed by atoms with Crippen molar-refractivity contribution >= 4 is 23.2 Å². The number of rotatable bonds is 5. The largest absolute Gasteiger partial charge is 0.479 e. The summed E-state index contributed by atoms with van der Waals surface area (Å²) in [5.41, 5.74) is 0.863. The average molecular weight is 341 g/mol. The van der Waals surface area contributed by atoms with E-state index in [1.807, 2.05) is 6.07 Å². The van der Waals surface area contributed by atoms with Crippen molar-refractivity contribution < 1.29 is 18.3 Å². The van der Waals surface area contributed by atoms with E-state index >= 15 is 0 Å². The Bertz CT molecular complexity index is 671. The van der Waals surface area contributed by atoms with E-state index in [0.29, 0.717) is 23.4 Å². The molecule has 0 N–H and O–H groups in total. The number of carbonyl (C=O) groups excluding carboxylic acids is 1. The van der Waals surface area contributed by atoms with Crippen LogP contribution in [0.1, 0.15) is 18.9 Å². The lowest BCUT2D eigenvalue weighted by atomic mass is 9.97. The molecule has 1 unspecified atom stereocenters. The molecule has 1 aromatic rings. The summed E-state index contributed by atoms with van der Waals surface area (Å²) in [4.78, 5) is 13.3. The molecule has 1 heterocycles. The molecular weight excluding hydrogens is 326 g/mol. The number of benzene rings is 1. The maximum Gasteiger partial charge on any atom is 0.256 e. The van der Waals surface area contributed by atoms with Crippen molar-refractivity contribution in [2.24, 2.45) is 5.92 Å². The third-order valence-corrected chi connectivity index (χ3v) is 3.80. The number of nitriles is 1. The summed E-state index contributed by atoms with van der Waals surface area (Å²) in [5, 5.41) is 8.77. The molecule has 1 aliphatic heterocycles. The zero-order valence-electron chi connectivity index (χ0n) is 12.4. The van der Waals surface area contributed by atoms with Gasteiger partial charge in [0.2, 0.25) is 5.91 Å². The SMILES string of the molecule is CC1CC=C(c2ccc(OCC#N)cc2Cl)N(CC(F)F)C1=O. The maximum absolute atomic E-state index is 12.8. The fraction of sp³-hybridized carbons (Fsp3) is 0.375. The molecule has 122 valence electrons. The minimum Gasteiger partial charge on any atom is -0.479 e. The lowest BCUT2D eigenvalue weighted by Gasteiger charge is -2.32. The fourth-order valence-corrected chi connectivity index (χ4v) is 2.64. The van der Waals surface area contributed by atoms with E-state index in [-0.39, 0.29) is 23.5 Å². The summed E-state index contributed by atoms with van der Waals surface area (Å²) in [6.07, 6.45) is -0.424. The van der Waals surface area contributed by atoms with Gasteiger partial charge in [0.25, 0.3) is 6.43 Å². The molecule has 1 aliphatic rings. The number of nitrogens with zero attached hydrogens (tertiary/aromatic N) is 2. The van der Waals surface area contributed by atoms with Gasteiger partial charge in [-0.15, -0.1) is 0 Å². The number of hydrogen-bond acceptors (Lipinski definition) is 3. The summed E-state index contributed by atoms with van der Waals surface area (Å²) in [5.74, 6) is -0.282. The average Bonchev–Trinajstić information content (AvgIpc) is 2.50. The molecule has 1 aromatic carbocycles. The van der Waals surface area contributed by atoms with Crippen LogP contribution in [-0.4, -0.2) is 30.4 Å². The topological polar surface area (TPSA) is 53.3 Å². The molecule has 1 amide bonds. The summed E-state index contributed by atoms with van der Waals surface area (Å²) in [6, 6.07) is 6.52. The minimum absolute atomic E-state index is 0.119. The van der Waals surface area contributed by atoms with Crippen molar-refractivity contribution in [3.8, 4) is 11.8 Å². The Morgan fingerprint density at radius 2 is 2.26 bits per heavy atom. The van der Waals surface area contributed by atoms with Crippen LogP contribution in [0.5, 0.6) is 5.75 Å². The van der Waals surface area contributed by atoms with Crippen LogP contribution >= 0.6 is 11.6 Å². The number of carbonyl (C=O) groups is 1. The van der Waals surface area contributed by atoms with Gasteiger partial charge in [-0.2, -0.15) is 5.26 Å². The van der Waals surface area contributed by atoms with Crippen molar-refractivity contribution in [1.82, 2.24) is 4.90 Å². The van der Waals surface area contributed by atoms with Gasteiger partial charge in [-0.25, -0.2) is 8.78 Å². The van der Waals surface area contributed by atoms with E-state index in [0.717, 1.165) is 4.90 Å². The molecule has 0 aliphatic carbocycles. The highest BCUT2D eigenvalue weighted by Crippen LogP contribution is 2.34. The number of alkyl halides is 2. The lowest BCUT2D eigenvalue weighted by Crippen LogP contribution is -2.39. The molecular formula is C16H15ClF2N2O2. The van der Waals surface area contributed by atoms with Gasteiger partial charge >= 0.3 is 0 Å². The zero-order chi connectivity index (χ0) is 17.0. The quantitative estimate of drug-likeness (QED) is 0.821. The summed E-state index contributed by atoms with van der Waals surface area (Å²) in [6.45, 7) is 0.915. The first-order valence-corrected chi connectivity index (χ1v) is 7.41. The Labute approximate surface area is 137 Å². The number of amides is 1. The molecule has 0 spiro atoms. The van der Waals surface area contributed by atoms with Crippen molar-refractivity contribution in [1.29, 1.82) is 5.26 Å². The van der Waals surface area contributed by atoms with Gasteiger partial charge in [-0.05, 0) is 24.6 Å². The van der Waals surface area contributed by atoms with Crippen LogP contribution in [0.2, 0.25) is 5.02 Å². The second-order valence-electron chi connectivity index (χ2n) is 5.15. The maximum atomic E-state index is 12.8. The number of halogens is 3. The molecule has 0 saturated carbocycles. The first kappa shape index (κ1) is 17.2. The van der Waals surface area contributed by atoms with Crippen LogP contribution in [-0.2, 0) is 4.79 Å². The summed E-state index contributed by atoms with van der Waals surface area (Å²) >= 11 is 6.20. The molecule has 4 nitrogen and oxygen atoms in total. The van der Waals surface area contributed by atoms with Crippen molar-refractivity contribution in [3.63, 3.8) is 0 Å². The standard InChI is InChI=1S/C16H15ClF2N2O2/c1-10-2-5-14(21(16(10)22)9-15(18)19)12-4-3-11(8-13(12)17)23-7-6-20/h3-5,8,10,15H,2,7,9H2,1H3. The second kappa shape index (κ2) is 7.42. The van der Waals surface area contributed by atoms with E-state index in [1.165, 1.54) is 6.07 Å². The smallest absolute Gasteiger partial charge is 0.256 e. The van der Waals surface area contributed by atoms with Gasteiger partial charge in [-0.3, -0.25) is 4.79 Å². The Kier molecular flexibility index (Phi) is 5.56. The van der Waals surface area contributed by atoms with Gasteiger partial charge in [0.15, 0.2) is 6.61 Å². The Hall–Kier alpha value is -2.13. The summed E-state index contributed by atoms with van der Waals surface area (Å²) in [7, 11) is 0. The highest BCUT2D eigenvalue weighted by molar-refractivity contribution is 6.32. The zero-order valence-corrected chi connectivity index (χ0v) is 13.2. The Morgan fingerprint density at radius 1 is 1.52 bits per heavy atom. The third kappa shape index (κ3) is 3.99. The monoisotopic (exact) mass is 340 g/mol. The minimum atomic E-state index is -2.63. The fourth-order valence-electron chi connectivity index (χ4n) is 2.37. The van der Waals surface area contributed by atoms with Crippen molar-refractivity contribution in [2.45, 2.75) is 19.8 Å². The van der Waals surface area contributed by atoms with Crippen LogP contribution < -0.4 is 4.74 Å². The van der Waals surface area contributed by atoms with Crippen molar-refractivity contribution in [2.75, 3.05) is 13.2 Å². The molecule has 0 bridgehead atoms. The van der Waals surface area contributed by atoms with Gasteiger partial charge in [0.1, 0.15) is 11.8 Å². The van der Waals surface area contributed by atoms with Crippen LogP contribution in [0, 0.1) is 17.2 Å². The van der Waals surface area contributed by atoms with Crippen LogP contribution in [0.15, 0.2) is 24.3 Å². The highest BCUT2D eigenvalue weighted by Gasteiger charge is 2.31. The highest BCUT2D eigenvalue weighted by atomic mass is 35.5. The van der Waals surface area contributed by atoms with E-state index < -0.39 is 13.0 Å². The van der Waals surface area contributed by atoms with E-state index in [4.69, 9.17) is 21.6 Å². The number of ether oxygens (including phenoxy) is 1. The predicted molar refractivity (Wildman–Crippen MR) is 82.0 cm³/mol. The Morgan fingerprint density at radius 3 is 2.87 bits per heavy atom. The molecule has 23 heavy (non-hydrogen) atoms. The summed E-state index contributed by atoms with van der Waals surface area (Å²) < 4.78 is 30.8. The number of hydrogen-bond donors (Lipinski definition) is 0. The van der Waals surface area contributed by atoms with E-state index in [9.17, 15) is 13.6 Å². The lowest BCUT2D eigenvalue weighted by molar-refractivity contribution is -0.133. The van der Waals surface area contributed by atoms with Gasteiger partial charge in [0.05, 0.1) is 11.6 Å². The van der Waals surface area contributed by atoms with E-state index in [1.54, 1.807) is 25.1 Å². The number of allylic oxidation sites excluding steroid dienone is 1. The second-order valence-corrected chi connectivity index (χ2v) is 5.56. The van der Waals surface area contributed by atoms with Crippen LogP contribution in [0.4, 0.5) is 8.78 Å². The molecule has 0 fully saturated rings. The molecule has 7 heteroatoms. The van der Waals surface area contributed by atoms with E-state index in [2.05, 4.69) is 0 Å². The third-order valence-electron chi connectivity index (χ3n) is 3.48. The molecule has 0 saturated heterocycles. The molecule has 0 radical (unpaired) electrons. The van der Waals surface area contributed by atoms with Crippen molar-refractivity contribution in [3.05, 3.63) is 34.9 Å². The van der Waals surface area contributed by atoms with Crippen LogP contribution in [0.3, 0.4) is 0 Å².